The molecule has 0 N–H and O–H groups in total. The predicted octanol–water partition coefficient (Wildman–Crippen LogP) is 4.17. The molecule has 0 aromatic heterocycles. The van der Waals surface area contributed by atoms with E-state index in [0.29, 0.717) is 0 Å². The van der Waals surface area contributed by atoms with E-state index in [1.54, 1.807) is 0 Å². The number of hydrogen-bond acceptors (Lipinski definition) is 2. The first-order valence-corrected chi connectivity index (χ1v) is 7.05. The molecule has 0 saturated heterocycles. The fourth-order valence-electron chi connectivity index (χ4n) is 2.21. The second-order valence-corrected chi connectivity index (χ2v) is 5.60. The van der Waals surface area contributed by atoms with Gasteiger partial charge in [0.15, 0.2) is 0 Å². The van der Waals surface area contributed by atoms with Crippen LogP contribution in [0, 0.1) is 5.92 Å². The highest BCUT2D eigenvalue weighted by atomic mass is 32.2. The van der Waals surface area contributed by atoms with Crippen LogP contribution in [-0.4, -0.2) is 12.0 Å². The zero-order chi connectivity index (χ0) is 11.2. The maximum atomic E-state index is 10.5. The normalized spacial score (nSPS) is 17.2. The Balaban J connectivity index is 1.81. The fourth-order valence-corrected chi connectivity index (χ4v) is 3.30. The molecule has 16 heavy (non-hydrogen) atoms. The Morgan fingerprint density at radius 3 is 2.44 bits per heavy atom. The van der Waals surface area contributed by atoms with E-state index in [0.717, 1.165) is 17.8 Å². The highest BCUT2D eigenvalue weighted by molar-refractivity contribution is 7.99. The van der Waals surface area contributed by atoms with Crippen molar-refractivity contribution in [2.75, 3.05) is 5.75 Å². The zero-order valence-corrected chi connectivity index (χ0v) is 10.3. The van der Waals surface area contributed by atoms with Crippen LogP contribution in [0.3, 0.4) is 0 Å². The number of thioether (sulfide) groups is 1. The first kappa shape index (κ1) is 11.7. The molecule has 1 nitrogen and oxygen atoms in total. The second-order valence-electron chi connectivity index (χ2n) is 4.50. The molecular weight excluding hydrogens is 216 g/mol. The van der Waals surface area contributed by atoms with Crippen molar-refractivity contribution in [2.24, 2.45) is 5.92 Å². The van der Waals surface area contributed by atoms with E-state index < -0.39 is 0 Å². The molecule has 1 aromatic carbocycles. The molecule has 1 fully saturated rings. The Hall–Kier alpha value is -0.760. The van der Waals surface area contributed by atoms with Gasteiger partial charge in [0.1, 0.15) is 6.29 Å². The summed E-state index contributed by atoms with van der Waals surface area (Å²) in [7, 11) is 0. The molecule has 0 atom stereocenters. The summed E-state index contributed by atoms with van der Waals surface area (Å²) in [6.45, 7) is 0. The van der Waals surface area contributed by atoms with Gasteiger partial charge in [-0.05, 0) is 30.9 Å². The minimum absolute atomic E-state index is 0.766. The molecule has 1 saturated carbocycles. The van der Waals surface area contributed by atoms with Crippen molar-refractivity contribution in [3.05, 3.63) is 29.8 Å². The molecule has 0 unspecified atom stereocenters. The highest BCUT2D eigenvalue weighted by Crippen LogP contribution is 2.29. The summed E-state index contributed by atoms with van der Waals surface area (Å²) < 4.78 is 0. The summed E-state index contributed by atoms with van der Waals surface area (Å²) >= 11 is 1.93. The molecule has 0 amide bonds. The van der Waals surface area contributed by atoms with Crippen molar-refractivity contribution in [3.8, 4) is 0 Å². The van der Waals surface area contributed by atoms with Crippen molar-refractivity contribution in [1.82, 2.24) is 0 Å². The lowest BCUT2D eigenvalue weighted by Crippen LogP contribution is -2.08. The fraction of sp³-hybridized carbons (Fsp3) is 0.500. The number of benzene rings is 1. The Morgan fingerprint density at radius 2 is 1.81 bits per heavy atom. The van der Waals surface area contributed by atoms with Gasteiger partial charge in [-0.1, -0.05) is 31.4 Å². The van der Waals surface area contributed by atoms with Crippen molar-refractivity contribution in [2.45, 2.75) is 37.0 Å². The van der Waals surface area contributed by atoms with E-state index in [4.69, 9.17) is 0 Å². The molecule has 0 aliphatic heterocycles. The first-order valence-electron chi connectivity index (χ1n) is 6.06. The molecule has 1 aliphatic rings. The van der Waals surface area contributed by atoms with Gasteiger partial charge in [0.05, 0.1) is 0 Å². The molecule has 0 bridgehead atoms. The van der Waals surface area contributed by atoms with Crippen LogP contribution in [0.15, 0.2) is 29.2 Å². The number of hydrogen-bond donors (Lipinski definition) is 0. The molecule has 1 aliphatic carbocycles. The van der Waals surface area contributed by atoms with Gasteiger partial charge in [0.2, 0.25) is 0 Å². The second kappa shape index (κ2) is 6.09. The summed E-state index contributed by atoms with van der Waals surface area (Å²) in [5.74, 6) is 2.14. The molecule has 0 heterocycles. The van der Waals surface area contributed by atoms with E-state index in [1.807, 2.05) is 23.9 Å². The van der Waals surface area contributed by atoms with Crippen LogP contribution in [0.4, 0.5) is 0 Å². The SMILES string of the molecule is O=Cc1ccc(SCC2CCCCC2)cc1. The predicted molar refractivity (Wildman–Crippen MR) is 69.1 cm³/mol. The first-order chi connectivity index (χ1) is 7.88. The Labute approximate surface area is 102 Å². The van der Waals surface area contributed by atoms with Crippen LogP contribution in [0.25, 0.3) is 0 Å². The van der Waals surface area contributed by atoms with Gasteiger partial charge in [-0.25, -0.2) is 0 Å². The van der Waals surface area contributed by atoms with Gasteiger partial charge in [0, 0.05) is 16.2 Å². The monoisotopic (exact) mass is 234 g/mol. The zero-order valence-electron chi connectivity index (χ0n) is 9.52. The Morgan fingerprint density at radius 1 is 1.12 bits per heavy atom. The molecule has 0 radical (unpaired) electrons. The van der Waals surface area contributed by atoms with Crippen molar-refractivity contribution < 1.29 is 4.79 Å². The molecule has 0 spiro atoms. The van der Waals surface area contributed by atoms with Crippen LogP contribution >= 0.6 is 11.8 Å². The average Bonchev–Trinajstić information content (AvgIpc) is 2.38. The van der Waals surface area contributed by atoms with E-state index in [-0.39, 0.29) is 0 Å². The van der Waals surface area contributed by atoms with E-state index in [1.165, 1.54) is 42.8 Å². The van der Waals surface area contributed by atoms with Gasteiger partial charge < -0.3 is 0 Å². The third-order valence-corrected chi connectivity index (χ3v) is 4.47. The standard InChI is InChI=1S/C14H18OS/c15-10-12-6-8-14(9-7-12)16-11-13-4-2-1-3-5-13/h6-10,13H,1-5,11H2. The van der Waals surface area contributed by atoms with Crippen LogP contribution in [-0.2, 0) is 0 Å². The summed E-state index contributed by atoms with van der Waals surface area (Å²) in [6, 6.07) is 7.90. The van der Waals surface area contributed by atoms with Crippen LogP contribution in [0.2, 0.25) is 0 Å². The summed E-state index contributed by atoms with van der Waals surface area (Å²) in [4.78, 5) is 11.8. The van der Waals surface area contributed by atoms with Crippen molar-refractivity contribution >= 4 is 18.0 Å². The maximum absolute atomic E-state index is 10.5. The minimum atomic E-state index is 0.766. The molecule has 2 rings (SSSR count). The van der Waals surface area contributed by atoms with Gasteiger partial charge in [-0.3, -0.25) is 4.79 Å². The minimum Gasteiger partial charge on any atom is -0.298 e. The summed E-state index contributed by atoms with van der Waals surface area (Å²) in [6.07, 6.45) is 7.95. The van der Waals surface area contributed by atoms with Crippen LogP contribution in [0.1, 0.15) is 42.5 Å². The van der Waals surface area contributed by atoms with Gasteiger partial charge in [-0.15, -0.1) is 11.8 Å². The molecule has 86 valence electrons. The van der Waals surface area contributed by atoms with Crippen molar-refractivity contribution in [3.63, 3.8) is 0 Å². The third kappa shape index (κ3) is 3.38. The Bertz CT molecular complexity index is 325. The van der Waals surface area contributed by atoms with Crippen molar-refractivity contribution in [1.29, 1.82) is 0 Å². The quantitative estimate of drug-likeness (QED) is 0.574. The van der Waals surface area contributed by atoms with E-state index >= 15 is 0 Å². The van der Waals surface area contributed by atoms with Gasteiger partial charge in [0.25, 0.3) is 0 Å². The van der Waals surface area contributed by atoms with Gasteiger partial charge in [-0.2, -0.15) is 0 Å². The number of carbonyl (C=O) groups excluding carboxylic acids is 1. The van der Waals surface area contributed by atoms with Crippen LogP contribution in [0.5, 0.6) is 0 Å². The summed E-state index contributed by atoms with van der Waals surface area (Å²) in [5, 5.41) is 0. The number of carbonyl (C=O) groups is 1. The van der Waals surface area contributed by atoms with Crippen LogP contribution < -0.4 is 0 Å². The third-order valence-electron chi connectivity index (χ3n) is 3.23. The highest BCUT2D eigenvalue weighted by Gasteiger charge is 2.13. The smallest absolute Gasteiger partial charge is 0.150 e. The summed E-state index contributed by atoms with van der Waals surface area (Å²) in [5.41, 5.74) is 0.766. The Kier molecular flexibility index (Phi) is 4.46. The van der Waals surface area contributed by atoms with E-state index in [2.05, 4.69) is 12.1 Å². The maximum Gasteiger partial charge on any atom is 0.150 e. The average molecular weight is 234 g/mol. The van der Waals surface area contributed by atoms with E-state index in [9.17, 15) is 4.79 Å². The van der Waals surface area contributed by atoms with Gasteiger partial charge >= 0.3 is 0 Å². The number of aldehydes is 1. The molecule has 2 heteroatoms. The molecule has 1 aromatic rings. The lowest BCUT2D eigenvalue weighted by molar-refractivity contribution is 0.112. The topological polar surface area (TPSA) is 17.1 Å². The lowest BCUT2D eigenvalue weighted by atomic mass is 9.91. The molecular formula is C14H18OS. The largest absolute Gasteiger partial charge is 0.298 e. The lowest BCUT2D eigenvalue weighted by Gasteiger charge is -2.20. The number of rotatable bonds is 4.